The highest BCUT2D eigenvalue weighted by molar-refractivity contribution is 7.89. The maximum Gasteiger partial charge on any atom is 0.257 e. The van der Waals surface area contributed by atoms with Crippen LogP contribution < -0.4 is 9.46 Å². The highest BCUT2D eigenvalue weighted by Gasteiger charge is 2.25. The van der Waals surface area contributed by atoms with Gasteiger partial charge in [-0.05, 0) is 38.0 Å². The monoisotopic (exact) mass is 356 g/mol. The second-order valence-electron chi connectivity index (χ2n) is 5.84. The number of ether oxygens (including phenoxy) is 2. The molecule has 1 fully saturated rings. The van der Waals surface area contributed by atoms with Gasteiger partial charge in [0.1, 0.15) is 5.75 Å². The van der Waals surface area contributed by atoms with E-state index in [9.17, 15) is 13.2 Å². The van der Waals surface area contributed by atoms with Crippen LogP contribution in [-0.2, 0) is 14.8 Å². The Morgan fingerprint density at radius 2 is 1.96 bits per heavy atom. The topological polar surface area (TPSA) is 84.9 Å². The summed E-state index contributed by atoms with van der Waals surface area (Å²) in [6.07, 6.45) is 1.92. The van der Waals surface area contributed by atoms with E-state index in [1.165, 1.54) is 32.4 Å². The molecule has 1 N–H and O–H groups in total. The van der Waals surface area contributed by atoms with Crippen LogP contribution >= 0.6 is 0 Å². The van der Waals surface area contributed by atoms with Crippen LogP contribution in [0, 0.1) is 0 Å². The van der Waals surface area contributed by atoms with Gasteiger partial charge in [0.25, 0.3) is 5.91 Å². The lowest BCUT2D eigenvalue weighted by molar-refractivity contribution is 0.0789. The fourth-order valence-corrected chi connectivity index (χ4v) is 3.98. The van der Waals surface area contributed by atoms with Crippen molar-refractivity contribution < 1.29 is 22.7 Å². The van der Waals surface area contributed by atoms with Crippen LogP contribution in [0.5, 0.6) is 5.75 Å². The average Bonchev–Trinajstić information content (AvgIpc) is 3.07. The predicted octanol–water partition coefficient (Wildman–Crippen LogP) is 1.24. The summed E-state index contributed by atoms with van der Waals surface area (Å²) < 4.78 is 37.7. The van der Waals surface area contributed by atoms with Gasteiger partial charge in [0.05, 0.1) is 24.2 Å². The summed E-state index contributed by atoms with van der Waals surface area (Å²) in [6.45, 7) is 3.33. The molecule has 8 heteroatoms. The lowest BCUT2D eigenvalue weighted by atomic mass is 10.1. The van der Waals surface area contributed by atoms with Gasteiger partial charge in [-0.2, -0.15) is 0 Å². The molecule has 0 bridgehead atoms. The molecule has 1 aromatic carbocycles. The molecule has 0 aliphatic carbocycles. The molecule has 1 saturated heterocycles. The third kappa shape index (κ3) is 4.25. The Labute approximate surface area is 143 Å². The van der Waals surface area contributed by atoms with Gasteiger partial charge < -0.3 is 14.4 Å². The quantitative estimate of drug-likeness (QED) is 0.795. The SMILES string of the molecule is COC[C@@H](C)NS(=O)(=O)c1ccc(OC)c(C(=O)N2CCCC2)c1. The third-order valence-electron chi connectivity index (χ3n) is 3.88. The first kappa shape index (κ1) is 18.7. The molecule has 0 spiro atoms. The number of methoxy groups -OCH3 is 2. The van der Waals surface area contributed by atoms with E-state index in [4.69, 9.17) is 9.47 Å². The van der Waals surface area contributed by atoms with Crippen molar-refractivity contribution >= 4 is 15.9 Å². The van der Waals surface area contributed by atoms with Gasteiger partial charge in [-0.1, -0.05) is 0 Å². The Bertz CT molecular complexity index is 684. The Balaban J connectivity index is 2.32. The predicted molar refractivity (Wildman–Crippen MR) is 89.8 cm³/mol. The number of nitrogens with one attached hydrogen (secondary N) is 1. The first-order valence-corrected chi connectivity index (χ1v) is 9.36. The summed E-state index contributed by atoms with van der Waals surface area (Å²) in [4.78, 5) is 14.4. The second kappa shape index (κ2) is 7.96. The van der Waals surface area contributed by atoms with Crippen LogP contribution in [0.1, 0.15) is 30.1 Å². The molecule has 0 unspecified atom stereocenters. The standard InChI is InChI=1S/C16H24N2O5S/c1-12(11-22-2)17-24(20,21)13-6-7-15(23-3)14(10-13)16(19)18-8-4-5-9-18/h6-7,10,12,17H,4-5,8-9,11H2,1-3H3/t12-/m1/s1. The van der Waals surface area contributed by atoms with Crippen LogP contribution in [0.15, 0.2) is 23.1 Å². The number of rotatable bonds is 7. The molecule has 7 nitrogen and oxygen atoms in total. The number of hydrogen-bond acceptors (Lipinski definition) is 5. The Morgan fingerprint density at radius 1 is 1.29 bits per heavy atom. The zero-order chi connectivity index (χ0) is 17.7. The van der Waals surface area contributed by atoms with E-state index in [0.29, 0.717) is 18.8 Å². The molecule has 1 heterocycles. The molecule has 1 amide bonds. The zero-order valence-electron chi connectivity index (χ0n) is 14.2. The number of benzene rings is 1. The second-order valence-corrected chi connectivity index (χ2v) is 7.55. The van der Waals surface area contributed by atoms with Crippen molar-refractivity contribution in [3.63, 3.8) is 0 Å². The summed E-state index contributed by atoms with van der Waals surface area (Å²) in [5, 5.41) is 0. The number of likely N-dealkylation sites (tertiary alicyclic amines) is 1. The first-order chi connectivity index (χ1) is 11.4. The van der Waals surface area contributed by atoms with Gasteiger partial charge in [0, 0.05) is 26.2 Å². The molecular formula is C16H24N2O5S. The lowest BCUT2D eigenvalue weighted by Crippen LogP contribution is -2.35. The highest BCUT2D eigenvalue weighted by atomic mass is 32.2. The first-order valence-electron chi connectivity index (χ1n) is 7.87. The van der Waals surface area contributed by atoms with Crippen molar-refractivity contribution in [1.29, 1.82) is 0 Å². The number of carbonyl (C=O) groups is 1. The van der Waals surface area contributed by atoms with E-state index >= 15 is 0 Å². The van der Waals surface area contributed by atoms with Crippen LogP contribution in [0.3, 0.4) is 0 Å². The molecule has 134 valence electrons. The molecule has 0 radical (unpaired) electrons. The normalized spacial score (nSPS) is 16.2. The highest BCUT2D eigenvalue weighted by Crippen LogP contribution is 2.25. The molecule has 1 aromatic rings. The van der Waals surface area contributed by atoms with Crippen LogP contribution in [0.4, 0.5) is 0 Å². The number of sulfonamides is 1. The smallest absolute Gasteiger partial charge is 0.257 e. The van der Waals surface area contributed by atoms with Crippen molar-refractivity contribution in [3.05, 3.63) is 23.8 Å². The molecule has 1 aliphatic heterocycles. The van der Waals surface area contributed by atoms with E-state index in [1.807, 2.05) is 0 Å². The molecule has 0 saturated carbocycles. The number of amides is 1. The molecule has 1 atom stereocenters. The number of carbonyl (C=O) groups excluding carboxylic acids is 1. The summed E-state index contributed by atoms with van der Waals surface area (Å²) >= 11 is 0. The zero-order valence-corrected chi connectivity index (χ0v) is 15.1. The minimum absolute atomic E-state index is 0.0359. The van der Waals surface area contributed by atoms with Crippen molar-refractivity contribution in [2.75, 3.05) is 33.9 Å². The maximum atomic E-state index is 12.6. The molecule has 2 rings (SSSR count). The van der Waals surface area contributed by atoms with Crippen molar-refractivity contribution in [1.82, 2.24) is 9.62 Å². The minimum atomic E-state index is -3.74. The fraction of sp³-hybridized carbons (Fsp3) is 0.562. The number of nitrogens with zero attached hydrogens (tertiary/aromatic N) is 1. The Kier molecular flexibility index (Phi) is 6.20. The lowest BCUT2D eigenvalue weighted by Gasteiger charge is -2.18. The van der Waals surface area contributed by atoms with E-state index in [2.05, 4.69) is 4.72 Å². The Morgan fingerprint density at radius 3 is 2.54 bits per heavy atom. The largest absolute Gasteiger partial charge is 0.496 e. The molecule has 1 aliphatic rings. The summed E-state index contributed by atoms with van der Waals surface area (Å²) in [5.74, 6) is 0.169. The van der Waals surface area contributed by atoms with Gasteiger partial charge in [-0.3, -0.25) is 4.79 Å². The van der Waals surface area contributed by atoms with Crippen LogP contribution in [-0.4, -0.2) is 59.2 Å². The summed E-state index contributed by atoms with van der Waals surface area (Å²) in [5.41, 5.74) is 0.265. The van der Waals surface area contributed by atoms with E-state index in [-0.39, 0.29) is 29.0 Å². The average molecular weight is 356 g/mol. The van der Waals surface area contributed by atoms with Gasteiger partial charge in [0.15, 0.2) is 0 Å². The van der Waals surface area contributed by atoms with E-state index in [1.54, 1.807) is 11.8 Å². The van der Waals surface area contributed by atoms with Crippen LogP contribution in [0.25, 0.3) is 0 Å². The van der Waals surface area contributed by atoms with Gasteiger partial charge in [-0.15, -0.1) is 0 Å². The maximum absolute atomic E-state index is 12.6. The van der Waals surface area contributed by atoms with E-state index < -0.39 is 10.0 Å². The third-order valence-corrected chi connectivity index (χ3v) is 5.47. The Hall–Kier alpha value is -1.64. The number of hydrogen-bond donors (Lipinski definition) is 1. The van der Waals surface area contributed by atoms with E-state index in [0.717, 1.165) is 12.8 Å². The van der Waals surface area contributed by atoms with Gasteiger partial charge in [-0.25, -0.2) is 13.1 Å². The van der Waals surface area contributed by atoms with Crippen molar-refractivity contribution in [2.45, 2.75) is 30.7 Å². The minimum Gasteiger partial charge on any atom is -0.496 e. The van der Waals surface area contributed by atoms with Crippen molar-refractivity contribution in [3.8, 4) is 5.75 Å². The summed E-state index contributed by atoms with van der Waals surface area (Å²) in [7, 11) is -0.776. The van der Waals surface area contributed by atoms with Gasteiger partial charge >= 0.3 is 0 Å². The fourth-order valence-electron chi connectivity index (χ4n) is 2.73. The van der Waals surface area contributed by atoms with Gasteiger partial charge in [0.2, 0.25) is 10.0 Å². The molecule has 0 aromatic heterocycles. The molecule has 24 heavy (non-hydrogen) atoms. The summed E-state index contributed by atoms with van der Waals surface area (Å²) in [6, 6.07) is 3.95. The van der Waals surface area contributed by atoms with Crippen molar-refractivity contribution in [2.24, 2.45) is 0 Å². The van der Waals surface area contributed by atoms with Crippen LogP contribution in [0.2, 0.25) is 0 Å². The molecular weight excluding hydrogens is 332 g/mol.